The minimum atomic E-state index is -0.122. The van der Waals surface area contributed by atoms with Gasteiger partial charge in [0.25, 0.3) is 5.91 Å². The van der Waals surface area contributed by atoms with Gasteiger partial charge in [0.1, 0.15) is 5.84 Å². The number of amidine groups is 1. The molecule has 0 saturated heterocycles. The smallest absolute Gasteiger partial charge is 0.255 e. The van der Waals surface area contributed by atoms with Gasteiger partial charge >= 0.3 is 0 Å². The molecule has 0 atom stereocenters. The van der Waals surface area contributed by atoms with Gasteiger partial charge in [-0.2, -0.15) is 10.2 Å². The Morgan fingerprint density at radius 1 is 1.47 bits per heavy atom. The van der Waals surface area contributed by atoms with E-state index in [0.717, 1.165) is 0 Å². The van der Waals surface area contributed by atoms with Gasteiger partial charge in [-0.3, -0.25) is 4.79 Å². The molecule has 0 spiro atoms. The van der Waals surface area contributed by atoms with Crippen LogP contribution in [0.5, 0.6) is 0 Å². The van der Waals surface area contributed by atoms with Crippen molar-refractivity contribution in [2.75, 3.05) is 13.1 Å². The number of aromatic nitrogens is 2. The standard InChI is InChI=1S/C12H19N5O2/c1-4-17(6-5-11(13)16-19)12(18)10-7-8(2)14-15-9(10)3/h7,19H,4-6H2,1-3H3,(H2,13,16). The van der Waals surface area contributed by atoms with E-state index in [2.05, 4.69) is 15.4 Å². The highest BCUT2D eigenvalue weighted by atomic mass is 16.4. The number of nitrogens with zero attached hydrogens (tertiary/aromatic N) is 4. The number of hydrogen-bond acceptors (Lipinski definition) is 5. The lowest BCUT2D eigenvalue weighted by Crippen LogP contribution is -2.34. The monoisotopic (exact) mass is 265 g/mol. The molecule has 0 aromatic carbocycles. The molecule has 0 aliphatic rings. The van der Waals surface area contributed by atoms with E-state index < -0.39 is 0 Å². The van der Waals surface area contributed by atoms with Crippen LogP contribution in [-0.4, -0.2) is 45.1 Å². The first-order valence-electron chi connectivity index (χ1n) is 6.06. The number of aryl methyl sites for hydroxylation is 2. The number of carbonyl (C=O) groups is 1. The van der Waals surface area contributed by atoms with Crippen LogP contribution in [0.15, 0.2) is 11.2 Å². The summed E-state index contributed by atoms with van der Waals surface area (Å²) >= 11 is 0. The first-order valence-corrected chi connectivity index (χ1v) is 6.06. The molecule has 1 amide bonds. The third-order valence-corrected chi connectivity index (χ3v) is 2.77. The van der Waals surface area contributed by atoms with Crippen LogP contribution < -0.4 is 5.73 Å². The molecular formula is C12H19N5O2. The molecule has 0 unspecified atom stereocenters. The summed E-state index contributed by atoms with van der Waals surface area (Å²) < 4.78 is 0. The average molecular weight is 265 g/mol. The van der Waals surface area contributed by atoms with Crippen molar-refractivity contribution in [3.05, 3.63) is 23.0 Å². The molecule has 0 aliphatic carbocycles. The van der Waals surface area contributed by atoms with E-state index in [1.807, 2.05) is 6.92 Å². The van der Waals surface area contributed by atoms with Crippen molar-refractivity contribution in [3.63, 3.8) is 0 Å². The van der Waals surface area contributed by atoms with Crippen LogP contribution in [0, 0.1) is 13.8 Å². The second-order valence-corrected chi connectivity index (χ2v) is 4.21. The van der Waals surface area contributed by atoms with Crippen molar-refractivity contribution < 1.29 is 10.0 Å². The molecule has 1 heterocycles. The van der Waals surface area contributed by atoms with Gasteiger partial charge in [0, 0.05) is 19.5 Å². The summed E-state index contributed by atoms with van der Waals surface area (Å²) in [6.45, 7) is 6.35. The molecule has 1 aromatic rings. The van der Waals surface area contributed by atoms with Crippen molar-refractivity contribution >= 4 is 11.7 Å². The quantitative estimate of drug-likeness (QED) is 0.353. The number of rotatable bonds is 5. The maximum atomic E-state index is 12.4. The highest BCUT2D eigenvalue weighted by Gasteiger charge is 2.17. The minimum Gasteiger partial charge on any atom is -0.409 e. The Hall–Kier alpha value is -2.18. The molecule has 0 fully saturated rings. The number of hydrogen-bond donors (Lipinski definition) is 2. The number of amides is 1. The summed E-state index contributed by atoms with van der Waals surface area (Å²) in [6.07, 6.45) is 0.326. The topological polar surface area (TPSA) is 105 Å². The lowest BCUT2D eigenvalue weighted by Gasteiger charge is -2.21. The Morgan fingerprint density at radius 2 is 2.16 bits per heavy atom. The lowest BCUT2D eigenvalue weighted by molar-refractivity contribution is 0.0766. The van der Waals surface area contributed by atoms with Crippen LogP contribution in [0.4, 0.5) is 0 Å². The van der Waals surface area contributed by atoms with Crippen molar-refractivity contribution in [1.82, 2.24) is 15.1 Å². The molecule has 3 N–H and O–H groups in total. The zero-order valence-electron chi connectivity index (χ0n) is 11.4. The number of carbonyl (C=O) groups excluding carboxylic acids is 1. The van der Waals surface area contributed by atoms with Crippen LogP contribution >= 0.6 is 0 Å². The van der Waals surface area contributed by atoms with E-state index in [9.17, 15) is 4.79 Å². The molecule has 0 aliphatic heterocycles. The van der Waals surface area contributed by atoms with Gasteiger partial charge in [-0.1, -0.05) is 5.16 Å². The van der Waals surface area contributed by atoms with Crippen LogP contribution in [0.25, 0.3) is 0 Å². The van der Waals surface area contributed by atoms with Crippen LogP contribution in [0.3, 0.4) is 0 Å². The highest BCUT2D eigenvalue weighted by molar-refractivity contribution is 5.95. The van der Waals surface area contributed by atoms with Crippen molar-refractivity contribution in [2.24, 2.45) is 10.9 Å². The van der Waals surface area contributed by atoms with Gasteiger partial charge in [-0.15, -0.1) is 0 Å². The minimum absolute atomic E-state index is 0.104. The molecule has 0 bridgehead atoms. The van der Waals surface area contributed by atoms with Gasteiger partial charge in [0.2, 0.25) is 0 Å². The summed E-state index contributed by atoms with van der Waals surface area (Å²) in [5.41, 5.74) is 7.24. The molecule has 19 heavy (non-hydrogen) atoms. The fourth-order valence-corrected chi connectivity index (χ4v) is 1.64. The third-order valence-electron chi connectivity index (χ3n) is 2.77. The van der Waals surface area contributed by atoms with Crippen molar-refractivity contribution in [1.29, 1.82) is 0 Å². The molecule has 1 rings (SSSR count). The Labute approximate surface area is 112 Å². The Morgan fingerprint density at radius 3 is 2.74 bits per heavy atom. The highest BCUT2D eigenvalue weighted by Crippen LogP contribution is 2.09. The van der Waals surface area contributed by atoms with E-state index in [1.54, 1.807) is 24.8 Å². The number of oxime groups is 1. The van der Waals surface area contributed by atoms with E-state index >= 15 is 0 Å². The van der Waals surface area contributed by atoms with Gasteiger partial charge in [0.15, 0.2) is 0 Å². The largest absolute Gasteiger partial charge is 0.409 e. The van der Waals surface area contributed by atoms with E-state index in [4.69, 9.17) is 10.9 Å². The summed E-state index contributed by atoms with van der Waals surface area (Å²) in [4.78, 5) is 14.0. The maximum absolute atomic E-state index is 12.4. The fraction of sp³-hybridized carbons (Fsp3) is 0.500. The molecule has 7 heteroatoms. The van der Waals surface area contributed by atoms with E-state index in [0.29, 0.717) is 36.5 Å². The predicted octanol–water partition coefficient (Wildman–Crippen LogP) is 0.692. The Bertz CT molecular complexity index is 487. The molecule has 0 saturated carbocycles. The molecule has 0 radical (unpaired) electrons. The maximum Gasteiger partial charge on any atom is 0.255 e. The molecule has 1 aromatic heterocycles. The average Bonchev–Trinajstić information content (AvgIpc) is 2.41. The molecular weight excluding hydrogens is 246 g/mol. The third kappa shape index (κ3) is 3.90. The van der Waals surface area contributed by atoms with Crippen LogP contribution in [0.1, 0.15) is 35.1 Å². The first kappa shape index (κ1) is 14.9. The first-order chi connectivity index (χ1) is 8.99. The van der Waals surface area contributed by atoms with Crippen LogP contribution in [0.2, 0.25) is 0 Å². The SMILES string of the molecule is CCN(CC/C(N)=N/O)C(=O)c1cc(C)nnc1C. The fourth-order valence-electron chi connectivity index (χ4n) is 1.64. The van der Waals surface area contributed by atoms with Gasteiger partial charge < -0.3 is 15.8 Å². The van der Waals surface area contributed by atoms with E-state index in [1.165, 1.54) is 0 Å². The molecule has 7 nitrogen and oxygen atoms in total. The zero-order chi connectivity index (χ0) is 14.4. The predicted molar refractivity (Wildman–Crippen MR) is 71.1 cm³/mol. The summed E-state index contributed by atoms with van der Waals surface area (Å²) in [5, 5.41) is 19.2. The second-order valence-electron chi connectivity index (χ2n) is 4.21. The normalized spacial score (nSPS) is 11.4. The van der Waals surface area contributed by atoms with E-state index in [-0.39, 0.29) is 11.7 Å². The summed E-state index contributed by atoms with van der Waals surface area (Å²) in [7, 11) is 0. The Kier molecular flexibility index (Phi) is 5.23. The Balaban J connectivity index is 2.86. The van der Waals surface area contributed by atoms with Gasteiger partial charge in [-0.05, 0) is 26.8 Å². The van der Waals surface area contributed by atoms with Crippen molar-refractivity contribution in [3.8, 4) is 0 Å². The lowest BCUT2D eigenvalue weighted by atomic mass is 10.1. The van der Waals surface area contributed by atoms with Gasteiger partial charge in [-0.25, -0.2) is 0 Å². The summed E-state index contributed by atoms with van der Waals surface area (Å²) in [6, 6.07) is 1.72. The summed E-state index contributed by atoms with van der Waals surface area (Å²) in [5.74, 6) is -0.0178. The second kappa shape index (κ2) is 6.67. The van der Waals surface area contributed by atoms with Crippen molar-refractivity contribution in [2.45, 2.75) is 27.2 Å². The van der Waals surface area contributed by atoms with Gasteiger partial charge in [0.05, 0.1) is 17.0 Å². The zero-order valence-corrected chi connectivity index (χ0v) is 11.4. The van der Waals surface area contributed by atoms with Crippen LogP contribution in [-0.2, 0) is 0 Å². The molecule has 104 valence electrons. The number of nitrogens with two attached hydrogens (primary N) is 1.